The fourth-order valence-electron chi connectivity index (χ4n) is 1.37. The smallest absolute Gasteiger partial charge is 0.328 e. The summed E-state index contributed by atoms with van der Waals surface area (Å²) in [5, 5.41) is 8.41. The molecule has 0 aliphatic rings. The molecule has 0 amide bonds. The number of carboxylic acid groups (broad SMARTS) is 1. The third kappa shape index (κ3) is 4.84. The first-order chi connectivity index (χ1) is 9.76. The number of rotatable bonds is 6. The predicted octanol–water partition coefficient (Wildman–Crippen LogP) is 0.457. The first-order valence-electron chi connectivity index (χ1n) is 5.61. The molecule has 0 atom stereocenters. The molecular weight excluding hydrogens is 300 g/mol. The molecular formula is C13H12O7S. The molecule has 0 bridgehead atoms. The van der Waals surface area contributed by atoms with Crippen molar-refractivity contribution in [1.82, 2.24) is 0 Å². The first kappa shape index (κ1) is 16.6. The maximum atomic E-state index is 11.8. The molecule has 0 aromatic heterocycles. The SMILES string of the molecule is COC(=O)CS(=O)(=O)c1ccc(C(=O)/C=C/C(=O)O)cc1. The van der Waals surface area contributed by atoms with Crippen molar-refractivity contribution < 1.29 is 32.6 Å². The summed E-state index contributed by atoms with van der Waals surface area (Å²) in [6, 6.07) is 4.80. The molecule has 0 aliphatic carbocycles. The van der Waals surface area contributed by atoms with Crippen molar-refractivity contribution in [3.05, 3.63) is 42.0 Å². The highest BCUT2D eigenvalue weighted by Gasteiger charge is 2.19. The number of hydrogen-bond donors (Lipinski definition) is 1. The Morgan fingerprint density at radius 2 is 1.71 bits per heavy atom. The van der Waals surface area contributed by atoms with E-state index in [0.29, 0.717) is 6.08 Å². The van der Waals surface area contributed by atoms with Crippen LogP contribution >= 0.6 is 0 Å². The van der Waals surface area contributed by atoms with Crippen LogP contribution in [0, 0.1) is 0 Å². The van der Waals surface area contributed by atoms with E-state index in [0.717, 1.165) is 13.2 Å². The average molecular weight is 312 g/mol. The lowest BCUT2D eigenvalue weighted by Crippen LogP contribution is -2.17. The summed E-state index contributed by atoms with van der Waals surface area (Å²) in [6.07, 6.45) is 1.55. The maximum absolute atomic E-state index is 11.8. The van der Waals surface area contributed by atoms with Gasteiger partial charge in [0.2, 0.25) is 0 Å². The zero-order chi connectivity index (χ0) is 16.0. The Hall–Kier alpha value is -2.48. The van der Waals surface area contributed by atoms with Crippen molar-refractivity contribution in [2.24, 2.45) is 0 Å². The van der Waals surface area contributed by atoms with E-state index in [1.165, 1.54) is 24.3 Å². The lowest BCUT2D eigenvalue weighted by Gasteiger charge is -2.04. The Balaban J connectivity index is 2.95. The topological polar surface area (TPSA) is 115 Å². The van der Waals surface area contributed by atoms with Crippen LogP contribution in [0.3, 0.4) is 0 Å². The molecule has 112 valence electrons. The molecule has 0 spiro atoms. The van der Waals surface area contributed by atoms with E-state index < -0.39 is 33.3 Å². The van der Waals surface area contributed by atoms with Crippen LogP contribution in [0.1, 0.15) is 10.4 Å². The lowest BCUT2D eigenvalue weighted by molar-refractivity contribution is -0.137. The summed E-state index contributed by atoms with van der Waals surface area (Å²) in [5.74, 6) is -3.52. The minimum atomic E-state index is -3.84. The van der Waals surface area contributed by atoms with E-state index >= 15 is 0 Å². The molecule has 1 N–H and O–H groups in total. The Morgan fingerprint density at radius 1 is 1.14 bits per heavy atom. The number of esters is 1. The third-order valence-corrected chi connectivity index (χ3v) is 4.02. The number of ketones is 1. The van der Waals surface area contributed by atoms with Gasteiger partial charge in [0.05, 0.1) is 12.0 Å². The number of carbonyl (C=O) groups excluding carboxylic acids is 2. The Bertz CT molecular complexity index is 684. The minimum absolute atomic E-state index is 0.129. The average Bonchev–Trinajstić information content (AvgIpc) is 2.44. The summed E-state index contributed by atoms with van der Waals surface area (Å²) in [7, 11) is -2.76. The van der Waals surface area contributed by atoms with Gasteiger partial charge in [-0.05, 0) is 30.3 Å². The molecule has 7 nitrogen and oxygen atoms in total. The maximum Gasteiger partial charge on any atom is 0.328 e. The summed E-state index contributed by atoms with van der Waals surface area (Å²) >= 11 is 0. The van der Waals surface area contributed by atoms with Crippen molar-refractivity contribution in [2.75, 3.05) is 12.9 Å². The number of carboxylic acids is 1. The predicted molar refractivity (Wildman–Crippen MR) is 71.6 cm³/mol. The van der Waals surface area contributed by atoms with E-state index in [4.69, 9.17) is 5.11 Å². The Kier molecular flexibility index (Phi) is 5.37. The molecule has 21 heavy (non-hydrogen) atoms. The van der Waals surface area contributed by atoms with E-state index in [9.17, 15) is 22.8 Å². The number of benzene rings is 1. The van der Waals surface area contributed by atoms with Gasteiger partial charge in [-0.3, -0.25) is 9.59 Å². The highest BCUT2D eigenvalue weighted by atomic mass is 32.2. The van der Waals surface area contributed by atoms with Crippen molar-refractivity contribution in [2.45, 2.75) is 4.90 Å². The van der Waals surface area contributed by atoms with Crippen LogP contribution in [0.2, 0.25) is 0 Å². The van der Waals surface area contributed by atoms with Crippen LogP contribution in [-0.2, 0) is 24.2 Å². The van der Waals surface area contributed by atoms with Crippen LogP contribution in [0.4, 0.5) is 0 Å². The second kappa shape index (κ2) is 6.80. The second-order valence-electron chi connectivity index (χ2n) is 3.90. The summed E-state index contributed by atoms with van der Waals surface area (Å²) in [4.78, 5) is 32.7. The van der Waals surface area contributed by atoms with E-state index in [1.54, 1.807) is 0 Å². The normalized spacial score (nSPS) is 11.3. The molecule has 0 radical (unpaired) electrons. The Morgan fingerprint density at radius 3 is 2.19 bits per heavy atom. The molecule has 0 saturated carbocycles. The van der Waals surface area contributed by atoms with Crippen LogP contribution < -0.4 is 0 Å². The standard InChI is InChI=1S/C13H12O7S/c1-20-13(17)8-21(18,19)10-4-2-9(3-5-10)11(14)6-7-12(15)16/h2-7H,8H2,1H3,(H,15,16)/b7-6+. The van der Waals surface area contributed by atoms with Gasteiger partial charge in [-0.25, -0.2) is 13.2 Å². The first-order valence-corrected chi connectivity index (χ1v) is 7.26. The summed E-state index contributed by atoms with van der Waals surface area (Å²) in [6.45, 7) is 0. The number of carbonyl (C=O) groups is 3. The summed E-state index contributed by atoms with van der Waals surface area (Å²) in [5.41, 5.74) is 0.129. The van der Waals surface area contributed by atoms with Gasteiger partial charge in [-0.1, -0.05) is 0 Å². The number of ether oxygens (including phenoxy) is 1. The van der Waals surface area contributed by atoms with E-state index in [2.05, 4.69) is 4.74 Å². The van der Waals surface area contributed by atoms with Gasteiger partial charge in [-0.2, -0.15) is 0 Å². The number of hydrogen-bond acceptors (Lipinski definition) is 6. The van der Waals surface area contributed by atoms with Gasteiger partial charge in [0, 0.05) is 11.6 Å². The molecule has 0 heterocycles. The minimum Gasteiger partial charge on any atom is -0.478 e. The third-order valence-electron chi connectivity index (χ3n) is 2.41. The molecule has 0 fully saturated rings. The molecule has 8 heteroatoms. The molecule has 0 aliphatic heterocycles. The van der Waals surface area contributed by atoms with Crippen molar-refractivity contribution in [3.8, 4) is 0 Å². The van der Waals surface area contributed by atoms with Gasteiger partial charge in [-0.15, -0.1) is 0 Å². The zero-order valence-corrected chi connectivity index (χ0v) is 11.8. The van der Waals surface area contributed by atoms with Crippen LogP contribution in [0.5, 0.6) is 0 Å². The highest BCUT2D eigenvalue weighted by Crippen LogP contribution is 2.13. The van der Waals surface area contributed by atoms with Crippen molar-refractivity contribution in [1.29, 1.82) is 0 Å². The van der Waals surface area contributed by atoms with Gasteiger partial charge < -0.3 is 9.84 Å². The number of methoxy groups -OCH3 is 1. The zero-order valence-electron chi connectivity index (χ0n) is 11.0. The van der Waals surface area contributed by atoms with Crippen molar-refractivity contribution in [3.63, 3.8) is 0 Å². The van der Waals surface area contributed by atoms with Crippen molar-refractivity contribution >= 4 is 27.6 Å². The van der Waals surface area contributed by atoms with Crippen LogP contribution in [0.25, 0.3) is 0 Å². The highest BCUT2D eigenvalue weighted by molar-refractivity contribution is 7.92. The fourth-order valence-corrected chi connectivity index (χ4v) is 2.51. The van der Waals surface area contributed by atoms with E-state index in [-0.39, 0.29) is 10.5 Å². The largest absolute Gasteiger partial charge is 0.478 e. The molecule has 1 aromatic rings. The molecule has 1 rings (SSSR count). The Labute approximate surface area is 120 Å². The van der Waals surface area contributed by atoms with Gasteiger partial charge in [0.25, 0.3) is 0 Å². The van der Waals surface area contributed by atoms with Crippen LogP contribution in [-0.4, -0.2) is 44.1 Å². The number of sulfone groups is 1. The lowest BCUT2D eigenvalue weighted by atomic mass is 10.1. The molecule has 1 aromatic carbocycles. The van der Waals surface area contributed by atoms with Crippen LogP contribution in [0.15, 0.2) is 41.3 Å². The van der Waals surface area contributed by atoms with E-state index in [1.807, 2.05) is 0 Å². The van der Waals surface area contributed by atoms with Gasteiger partial charge in [0.15, 0.2) is 21.4 Å². The van der Waals surface area contributed by atoms with Gasteiger partial charge in [0.1, 0.15) is 0 Å². The monoisotopic (exact) mass is 312 g/mol. The molecule has 0 unspecified atom stereocenters. The molecule has 0 saturated heterocycles. The fraction of sp³-hybridized carbons (Fsp3) is 0.154. The number of aliphatic carboxylic acids is 1. The number of allylic oxidation sites excluding steroid dienone is 1. The second-order valence-corrected chi connectivity index (χ2v) is 5.88. The van der Waals surface area contributed by atoms with Gasteiger partial charge >= 0.3 is 11.9 Å². The summed E-state index contributed by atoms with van der Waals surface area (Å²) < 4.78 is 27.9. The quantitative estimate of drug-likeness (QED) is 0.461.